The number of ether oxygens (including phenoxy) is 1. The lowest BCUT2D eigenvalue weighted by molar-refractivity contribution is 0.0693. The van der Waals surface area contributed by atoms with Crippen molar-refractivity contribution in [2.75, 3.05) is 19.8 Å². The predicted octanol–water partition coefficient (Wildman–Crippen LogP) is 1.05. The number of carboxylic acids is 1. The van der Waals surface area contributed by atoms with E-state index in [-0.39, 0.29) is 6.04 Å². The number of nitrogens with one attached hydrogen (secondary N) is 1. The van der Waals surface area contributed by atoms with Gasteiger partial charge in [-0.3, -0.25) is 0 Å². The van der Waals surface area contributed by atoms with Crippen LogP contribution in [0.4, 0.5) is 0 Å². The molecule has 1 aliphatic rings. The summed E-state index contributed by atoms with van der Waals surface area (Å²) in [6.45, 7) is 2.13. The zero-order chi connectivity index (χ0) is 10.7. The van der Waals surface area contributed by atoms with Crippen LogP contribution >= 0.6 is 0 Å². The Bertz CT molecular complexity index is 359. The van der Waals surface area contributed by atoms with Gasteiger partial charge in [0.25, 0.3) is 0 Å². The maximum absolute atomic E-state index is 10.8. The van der Waals surface area contributed by atoms with Gasteiger partial charge in [-0.1, -0.05) is 12.1 Å². The van der Waals surface area contributed by atoms with Crippen LogP contribution in [0.1, 0.15) is 22.0 Å². The van der Waals surface area contributed by atoms with Crippen LogP contribution < -0.4 is 5.32 Å². The van der Waals surface area contributed by atoms with Crippen LogP contribution in [0.25, 0.3) is 0 Å². The van der Waals surface area contributed by atoms with Crippen molar-refractivity contribution in [2.24, 2.45) is 0 Å². The zero-order valence-electron chi connectivity index (χ0n) is 8.27. The lowest BCUT2D eigenvalue weighted by Gasteiger charge is -2.24. The second-order valence-corrected chi connectivity index (χ2v) is 3.51. The van der Waals surface area contributed by atoms with Crippen LogP contribution in [0.3, 0.4) is 0 Å². The summed E-state index contributed by atoms with van der Waals surface area (Å²) in [4.78, 5) is 10.8. The van der Waals surface area contributed by atoms with E-state index in [2.05, 4.69) is 5.32 Å². The van der Waals surface area contributed by atoms with Gasteiger partial charge in [0.2, 0.25) is 0 Å². The molecule has 15 heavy (non-hydrogen) atoms. The number of carbonyl (C=O) groups is 1. The van der Waals surface area contributed by atoms with E-state index in [1.807, 2.05) is 6.07 Å². The third-order valence-corrected chi connectivity index (χ3v) is 2.46. The van der Waals surface area contributed by atoms with Gasteiger partial charge in [-0.2, -0.15) is 0 Å². The van der Waals surface area contributed by atoms with Crippen molar-refractivity contribution in [3.05, 3.63) is 35.4 Å². The molecule has 1 aliphatic heterocycles. The molecule has 0 aromatic heterocycles. The van der Waals surface area contributed by atoms with Crippen LogP contribution in [-0.2, 0) is 4.74 Å². The van der Waals surface area contributed by atoms with Crippen molar-refractivity contribution in [3.63, 3.8) is 0 Å². The summed E-state index contributed by atoms with van der Waals surface area (Å²) >= 11 is 0. The Balaban J connectivity index is 2.19. The summed E-state index contributed by atoms with van der Waals surface area (Å²) in [7, 11) is 0. The fourth-order valence-corrected chi connectivity index (χ4v) is 1.67. The van der Waals surface area contributed by atoms with E-state index in [1.54, 1.807) is 18.2 Å². The van der Waals surface area contributed by atoms with Crippen molar-refractivity contribution in [1.82, 2.24) is 5.32 Å². The fourth-order valence-electron chi connectivity index (χ4n) is 1.67. The normalized spacial score (nSPS) is 21.2. The highest BCUT2D eigenvalue weighted by Gasteiger charge is 2.16. The molecule has 1 aromatic rings. The van der Waals surface area contributed by atoms with Crippen molar-refractivity contribution in [1.29, 1.82) is 0 Å². The second-order valence-electron chi connectivity index (χ2n) is 3.51. The molecule has 0 saturated carbocycles. The third-order valence-electron chi connectivity index (χ3n) is 2.46. The van der Waals surface area contributed by atoms with Crippen LogP contribution in [0, 0.1) is 0 Å². The van der Waals surface area contributed by atoms with E-state index < -0.39 is 5.97 Å². The monoisotopic (exact) mass is 207 g/mol. The summed E-state index contributed by atoms with van der Waals surface area (Å²) < 4.78 is 5.33. The van der Waals surface area contributed by atoms with E-state index in [9.17, 15) is 4.79 Å². The average molecular weight is 207 g/mol. The molecular weight excluding hydrogens is 194 g/mol. The molecule has 0 amide bonds. The minimum absolute atomic E-state index is 0.109. The molecule has 0 bridgehead atoms. The topological polar surface area (TPSA) is 58.6 Å². The number of aromatic carboxylic acids is 1. The van der Waals surface area contributed by atoms with E-state index in [4.69, 9.17) is 9.84 Å². The van der Waals surface area contributed by atoms with Gasteiger partial charge in [0, 0.05) is 6.54 Å². The van der Waals surface area contributed by atoms with Gasteiger partial charge >= 0.3 is 5.97 Å². The van der Waals surface area contributed by atoms with Crippen molar-refractivity contribution in [3.8, 4) is 0 Å². The van der Waals surface area contributed by atoms with E-state index in [0.717, 1.165) is 18.7 Å². The largest absolute Gasteiger partial charge is 0.478 e. The summed E-state index contributed by atoms with van der Waals surface area (Å²) in [5, 5.41) is 12.1. The first-order valence-corrected chi connectivity index (χ1v) is 4.92. The maximum atomic E-state index is 10.8. The first kappa shape index (κ1) is 10.1. The number of morpholine rings is 1. The molecule has 4 heteroatoms. The quantitative estimate of drug-likeness (QED) is 0.761. The Morgan fingerprint density at radius 2 is 2.40 bits per heavy atom. The number of benzene rings is 1. The number of carboxylic acid groups (broad SMARTS) is 1. The third kappa shape index (κ3) is 2.34. The zero-order valence-corrected chi connectivity index (χ0v) is 8.27. The predicted molar refractivity (Wildman–Crippen MR) is 55.0 cm³/mol. The van der Waals surface area contributed by atoms with Gasteiger partial charge in [-0.25, -0.2) is 4.79 Å². The SMILES string of the molecule is O=C(O)c1cccc(C2COCCN2)c1. The van der Waals surface area contributed by atoms with E-state index in [0.29, 0.717) is 12.2 Å². The van der Waals surface area contributed by atoms with Crippen molar-refractivity contribution in [2.45, 2.75) is 6.04 Å². The fraction of sp³-hybridized carbons (Fsp3) is 0.364. The molecule has 2 N–H and O–H groups in total. The molecule has 80 valence electrons. The minimum Gasteiger partial charge on any atom is -0.478 e. The molecule has 4 nitrogen and oxygen atoms in total. The molecule has 0 radical (unpaired) electrons. The summed E-state index contributed by atoms with van der Waals surface area (Å²) in [6, 6.07) is 7.07. The van der Waals surface area contributed by atoms with Gasteiger partial charge in [-0.05, 0) is 17.7 Å². The molecule has 1 heterocycles. The molecular formula is C11H13NO3. The van der Waals surface area contributed by atoms with Crippen LogP contribution in [0.15, 0.2) is 24.3 Å². The van der Waals surface area contributed by atoms with Crippen LogP contribution in [0.2, 0.25) is 0 Å². The number of rotatable bonds is 2. The van der Waals surface area contributed by atoms with E-state index >= 15 is 0 Å². The highest BCUT2D eigenvalue weighted by atomic mass is 16.5. The average Bonchev–Trinajstić information content (AvgIpc) is 2.30. The Hall–Kier alpha value is -1.39. The Kier molecular flexibility index (Phi) is 2.99. The van der Waals surface area contributed by atoms with Gasteiger partial charge in [0.1, 0.15) is 0 Å². The Morgan fingerprint density at radius 1 is 1.53 bits per heavy atom. The van der Waals surface area contributed by atoms with Crippen molar-refractivity contribution < 1.29 is 14.6 Å². The summed E-state index contributed by atoms with van der Waals surface area (Å²) in [5.74, 6) is -0.895. The summed E-state index contributed by atoms with van der Waals surface area (Å²) in [6.07, 6.45) is 0. The van der Waals surface area contributed by atoms with Crippen molar-refractivity contribution >= 4 is 5.97 Å². The lowest BCUT2D eigenvalue weighted by Crippen LogP contribution is -2.34. The summed E-state index contributed by atoms with van der Waals surface area (Å²) in [5.41, 5.74) is 1.29. The minimum atomic E-state index is -0.895. The molecule has 1 fully saturated rings. The highest BCUT2D eigenvalue weighted by Crippen LogP contribution is 2.17. The van der Waals surface area contributed by atoms with Gasteiger partial charge in [0.15, 0.2) is 0 Å². The first-order valence-electron chi connectivity index (χ1n) is 4.92. The van der Waals surface area contributed by atoms with E-state index in [1.165, 1.54) is 0 Å². The number of hydrogen-bond donors (Lipinski definition) is 2. The maximum Gasteiger partial charge on any atom is 0.335 e. The lowest BCUT2D eigenvalue weighted by atomic mass is 10.0. The van der Waals surface area contributed by atoms with Crippen LogP contribution in [0.5, 0.6) is 0 Å². The first-order chi connectivity index (χ1) is 7.27. The van der Waals surface area contributed by atoms with Gasteiger partial charge < -0.3 is 15.2 Å². The molecule has 0 aliphatic carbocycles. The van der Waals surface area contributed by atoms with Crippen LogP contribution in [-0.4, -0.2) is 30.8 Å². The molecule has 2 rings (SSSR count). The molecule has 1 saturated heterocycles. The second kappa shape index (κ2) is 4.42. The molecule has 1 aromatic carbocycles. The standard InChI is InChI=1S/C11H13NO3/c13-11(14)9-3-1-2-8(6-9)10-7-15-5-4-12-10/h1-3,6,10,12H,4-5,7H2,(H,13,14). The highest BCUT2D eigenvalue weighted by molar-refractivity contribution is 5.87. The van der Waals surface area contributed by atoms with Gasteiger partial charge in [-0.15, -0.1) is 0 Å². The Morgan fingerprint density at radius 3 is 3.07 bits per heavy atom. The molecule has 1 atom stereocenters. The Labute approximate surface area is 87.9 Å². The number of hydrogen-bond acceptors (Lipinski definition) is 3. The van der Waals surface area contributed by atoms with Gasteiger partial charge in [0.05, 0.1) is 24.8 Å². The molecule has 0 spiro atoms. The molecule has 1 unspecified atom stereocenters. The smallest absolute Gasteiger partial charge is 0.335 e.